The van der Waals surface area contributed by atoms with E-state index in [1.165, 1.54) is 0 Å². The molecule has 0 aliphatic heterocycles. The minimum Gasteiger partial charge on any atom is -0.378 e. The fourth-order valence-electron chi connectivity index (χ4n) is 1.96. The van der Waals surface area contributed by atoms with E-state index in [4.69, 9.17) is 0 Å². The van der Waals surface area contributed by atoms with E-state index in [2.05, 4.69) is 40.4 Å². The van der Waals surface area contributed by atoms with Gasteiger partial charge in [0.2, 0.25) is 0 Å². The molecule has 0 spiro atoms. The van der Waals surface area contributed by atoms with Crippen LogP contribution in [0.25, 0.3) is 0 Å². The Kier molecular flexibility index (Phi) is 5.02. The Morgan fingerprint density at radius 2 is 1.67 bits per heavy atom. The van der Waals surface area contributed by atoms with Gasteiger partial charge in [-0.15, -0.1) is 0 Å². The van der Waals surface area contributed by atoms with E-state index in [-0.39, 0.29) is 11.4 Å². The molecule has 3 nitrogen and oxygen atoms in total. The third kappa shape index (κ3) is 4.90. The maximum atomic E-state index is 12.1. The van der Waals surface area contributed by atoms with Crippen molar-refractivity contribution < 1.29 is 4.79 Å². The summed E-state index contributed by atoms with van der Waals surface area (Å²) in [6.45, 7) is 4.65. The van der Waals surface area contributed by atoms with Crippen molar-refractivity contribution in [2.75, 3.05) is 11.9 Å². The Hall–Kier alpha value is -1.81. The van der Waals surface area contributed by atoms with Gasteiger partial charge in [0.05, 0.1) is 0 Å². The van der Waals surface area contributed by atoms with Gasteiger partial charge in [-0.25, -0.2) is 0 Å². The monoisotopic (exact) mass is 346 g/mol. The van der Waals surface area contributed by atoms with Crippen LogP contribution in [-0.4, -0.2) is 18.0 Å². The number of anilines is 1. The van der Waals surface area contributed by atoms with E-state index in [9.17, 15) is 4.79 Å². The number of halogens is 1. The van der Waals surface area contributed by atoms with Crippen LogP contribution < -0.4 is 10.6 Å². The van der Waals surface area contributed by atoms with E-state index < -0.39 is 0 Å². The molecule has 0 saturated heterocycles. The molecule has 0 bridgehead atoms. The summed E-state index contributed by atoms with van der Waals surface area (Å²) in [4.78, 5) is 12.1. The first-order valence-corrected chi connectivity index (χ1v) is 7.63. The molecule has 2 rings (SSSR count). The molecule has 4 heteroatoms. The highest BCUT2D eigenvalue weighted by Crippen LogP contribution is 2.14. The Morgan fingerprint density at radius 1 is 1.05 bits per heavy atom. The van der Waals surface area contributed by atoms with E-state index in [1.54, 1.807) is 12.1 Å². The third-order valence-corrected chi connectivity index (χ3v) is 3.58. The third-order valence-electron chi connectivity index (χ3n) is 3.05. The average molecular weight is 347 g/mol. The number of hydrogen-bond donors (Lipinski definition) is 2. The lowest BCUT2D eigenvalue weighted by atomic mass is 10.0. The summed E-state index contributed by atoms with van der Waals surface area (Å²) < 4.78 is 0.963. The zero-order valence-electron chi connectivity index (χ0n) is 12.2. The van der Waals surface area contributed by atoms with Gasteiger partial charge >= 0.3 is 0 Å². The number of benzene rings is 2. The predicted octanol–water partition coefficient (Wildman–Crippen LogP) is 4.07. The van der Waals surface area contributed by atoms with Crippen LogP contribution in [0, 0.1) is 0 Å². The number of carbonyl (C=O) groups is 1. The van der Waals surface area contributed by atoms with Crippen molar-refractivity contribution in [3.05, 3.63) is 64.6 Å². The number of hydrogen-bond acceptors (Lipinski definition) is 2. The van der Waals surface area contributed by atoms with E-state index in [0.29, 0.717) is 12.1 Å². The maximum absolute atomic E-state index is 12.1. The van der Waals surface area contributed by atoms with Crippen LogP contribution in [0.4, 0.5) is 5.69 Å². The van der Waals surface area contributed by atoms with Crippen LogP contribution in [0.1, 0.15) is 24.2 Å². The summed E-state index contributed by atoms with van der Waals surface area (Å²) in [5, 5.41) is 6.37. The molecule has 0 unspecified atom stereocenters. The van der Waals surface area contributed by atoms with Gasteiger partial charge < -0.3 is 10.6 Å². The summed E-state index contributed by atoms with van der Waals surface area (Å²) >= 11 is 3.36. The van der Waals surface area contributed by atoms with Crippen LogP contribution in [0.3, 0.4) is 0 Å². The van der Waals surface area contributed by atoms with Gasteiger partial charge in [0.15, 0.2) is 0 Å². The molecule has 2 aromatic carbocycles. The predicted molar refractivity (Wildman–Crippen MR) is 90.6 cm³/mol. The molecule has 21 heavy (non-hydrogen) atoms. The van der Waals surface area contributed by atoms with Gasteiger partial charge in [-0.05, 0) is 50.2 Å². The largest absolute Gasteiger partial charge is 0.378 e. The van der Waals surface area contributed by atoms with Crippen LogP contribution in [0.2, 0.25) is 0 Å². The summed E-state index contributed by atoms with van der Waals surface area (Å²) in [7, 11) is 0. The molecule has 0 heterocycles. The Morgan fingerprint density at radius 3 is 2.29 bits per heavy atom. The zero-order valence-corrected chi connectivity index (χ0v) is 13.8. The standard InChI is InChI=1S/C17H19BrN2O/c1-17(2,20-15-6-4-3-5-7-15)12-19-16(21)13-8-10-14(18)11-9-13/h3-11,20H,12H2,1-2H3,(H,19,21). The summed E-state index contributed by atoms with van der Waals surface area (Å²) in [5.41, 5.74) is 1.47. The highest BCUT2D eigenvalue weighted by atomic mass is 79.9. The molecule has 0 atom stereocenters. The fourth-order valence-corrected chi connectivity index (χ4v) is 2.23. The molecule has 2 N–H and O–H groups in total. The molecule has 0 radical (unpaired) electrons. The maximum Gasteiger partial charge on any atom is 0.251 e. The average Bonchev–Trinajstić information content (AvgIpc) is 2.46. The van der Waals surface area contributed by atoms with Gasteiger partial charge in [0, 0.05) is 27.8 Å². The minimum absolute atomic E-state index is 0.0644. The zero-order chi connectivity index (χ0) is 15.3. The second-order valence-corrected chi connectivity index (χ2v) is 6.48. The van der Waals surface area contributed by atoms with Gasteiger partial charge in [-0.1, -0.05) is 34.1 Å². The molecule has 110 valence electrons. The molecule has 0 aromatic heterocycles. The first kappa shape index (κ1) is 15.6. The van der Waals surface area contributed by atoms with Crippen molar-refractivity contribution in [1.82, 2.24) is 5.32 Å². The SMILES string of the molecule is CC(C)(CNC(=O)c1ccc(Br)cc1)Nc1ccccc1. The molecule has 1 amide bonds. The minimum atomic E-state index is -0.230. The molecule has 0 saturated carbocycles. The molecule has 0 aliphatic carbocycles. The quantitative estimate of drug-likeness (QED) is 0.856. The highest BCUT2D eigenvalue weighted by Gasteiger charge is 2.18. The molecular formula is C17H19BrN2O. The summed E-state index contributed by atoms with van der Waals surface area (Å²) in [6, 6.07) is 17.3. The van der Waals surface area contributed by atoms with E-state index in [1.807, 2.05) is 42.5 Å². The molecule has 2 aromatic rings. The molecular weight excluding hydrogens is 328 g/mol. The molecule has 0 aliphatic rings. The van der Waals surface area contributed by atoms with Gasteiger partial charge in [-0.2, -0.15) is 0 Å². The van der Waals surface area contributed by atoms with E-state index in [0.717, 1.165) is 10.2 Å². The number of para-hydroxylation sites is 1. The van der Waals surface area contributed by atoms with Gasteiger partial charge in [-0.3, -0.25) is 4.79 Å². The van der Waals surface area contributed by atoms with Crippen molar-refractivity contribution in [3.8, 4) is 0 Å². The molecule has 0 fully saturated rings. The van der Waals surface area contributed by atoms with Crippen molar-refractivity contribution >= 4 is 27.5 Å². The first-order valence-electron chi connectivity index (χ1n) is 6.83. The fraction of sp³-hybridized carbons (Fsp3) is 0.235. The van der Waals surface area contributed by atoms with Crippen molar-refractivity contribution in [3.63, 3.8) is 0 Å². The van der Waals surface area contributed by atoms with Crippen LogP contribution in [-0.2, 0) is 0 Å². The Balaban J connectivity index is 1.92. The Labute approximate surface area is 133 Å². The van der Waals surface area contributed by atoms with Crippen molar-refractivity contribution in [2.24, 2.45) is 0 Å². The number of rotatable bonds is 5. The Bertz CT molecular complexity index is 594. The second-order valence-electron chi connectivity index (χ2n) is 5.56. The van der Waals surface area contributed by atoms with Crippen LogP contribution in [0.15, 0.2) is 59.1 Å². The van der Waals surface area contributed by atoms with Crippen LogP contribution >= 0.6 is 15.9 Å². The topological polar surface area (TPSA) is 41.1 Å². The van der Waals surface area contributed by atoms with Crippen molar-refractivity contribution in [2.45, 2.75) is 19.4 Å². The number of amides is 1. The number of carbonyl (C=O) groups excluding carboxylic acids is 1. The second kappa shape index (κ2) is 6.76. The lowest BCUT2D eigenvalue weighted by Gasteiger charge is -2.28. The smallest absolute Gasteiger partial charge is 0.251 e. The van der Waals surface area contributed by atoms with Crippen molar-refractivity contribution in [1.29, 1.82) is 0 Å². The summed E-state index contributed by atoms with van der Waals surface area (Å²) in [5.74, 6) is -0.0644. The number of nitrogens with one attached hydrogen (secondary N) is 2. The first-order chi connectivity index (χ1) is 9.96. The van der Waals surface area contributed by atoms with Crippen LogP contribution in [0.5, 0.6) is 0 Å². The van der Waals surface area contributed by atoms with Gasteiger partial charge in [0.25, 0.3) is 5.91 Å². The lowest BCUT2D eigenvalue weighted by molar-refractivity contribution is 0.0947. The van der Waals surface area contributed by atoms with E-state index >= 15 is 0 Å². The lowest BCUT2D eigenvalue weighted by Crippen LogP contribution is -2.44. The normalized spacial score (nSPS) is 11.0. The summed E-state index contributed by atoms with van der Waals surface area (Å²) in [6.07, 6.45) is 0. The van der Waals surface area contributed by atoms with Gasteiger partial charge in [0.1, 0.15) is 0 Å². The highest BCUT2D eigenvalue weighted by molar-refractivity contribution is 9.10.